The van der Waals surface area contributed by atoms with E-state index in [2.05, 4.69) is 4.72 Å². The maximum Gasteiger partial charge on any atom is 0.271 e. The Labute approximate surface area is 137 Å². The van der Waals surface area contributed by atoms with Gasteiger partial charge in [0.05, 0.1) is 15.5 Å². The molecule has 0 aliphatic heterocycles. The molecular formula is C14H12ClFN2O4S. The number of benzene rings is 2. The minimum atomic E-state index is -4.21. The van der Waals surface area contributed by atoms with Crippen LogP contribution in [0, 0.1) is 29.8 Å². The molecule has 0 radical (unpaired) electrons. The lowest BCUT2D eigenvalue weighted by atomic mass is 10.1. The maximum absolute atomic E-state index is 13.7. The highest BCUT2D eigenvalue weighted by Crippen LogP contribution is 2.28. The number of hydrogen-bond acceptors (Lipinski definition) is 4. The van der Waals surface area contributed by atoms with Gasteiger partial charge in [-0.25, -0.2) is 12.8 Å². The Morgan fingerprint density at radius 3 is 2.48 bits per heavy atom. The lowest BCUT2D eigenvalue weighted by molar-refractivity contribution is -0.385. The molecule has 2 aromatic carbocycles. The first kappa shape index (κ1) is 17.2. The summed E-state index contributed by atoms with van der Waals surface area (Å²) in [6.07, 6.45) is 0. The summed E-state index contributed by atoms with van der Waals surface area (Å²) in [5.74, 6) is -0.808. The number of halogens is 2. The normalized spacial score (nSPS) is 11.3. The minimum absolute atomic E-state index is 0.149. The molecule has 0 aliphatic carbocycles. The van der Waals surface area contributed by atoms with Crippen molar-refractivity contribution >= 4 is 33.0 Å². The van der Waals surface area contributed by atoms with E-state index in [1.54, 1.807) is 6.92 Å². The molecule has 122 valence electrons. The summed E-state index contributed by atoms with van der Waals surface area (Å²) in [5, 5.41) is 11.1. The van der Waals surface area contributed by atoms with Crippen LogP contribution in [0.25, 0.3) is 0 Å². The van der Waals surface area contributed by atoms with Gasteiger partial charge in [-0.1, -0.05) is 11.6 Å². The van der Waals surface area contributed by atoms with Crippen LogP contribution in [0.5, 0.6) is 0 Å². The number of nitrogens with zero attached hydrogens (tertiary/aromatic N) is 1. The van der Waals surface area contributed by atoms with E-state index in [4.69, 9.17) is 11.6 Å². The second kappa shape index (κ2) is 6.13. The van der Waals surface area contributed by atoms with Crippen molar-refractivity contribution in [1.82, 2.24) is 0 Å². The van der Waals surface area contributed by atoms with E-state index < -0.39 is 20.8 Å². The van der Waals surface area contributed by atoms with Gasteiger partial charge in [0.2, 0.25) is 0 Å². The standard InChI is InChI=1S/C14H12ClFN2O4S/c1-8-5-11(18(19)20)7-14(9(8)2)23(21,22)17-13-6-10(15)3-4-12(13)16/h3-7,17H,1-2H3. The van der Waals surface area contributed by atoms with Gasteiger partial charge in [-0.05, 0) is 43.2 Å². The fourth-order valence-electron chi connectivity index (χ4n) is 1.97. The topological polar surface area (TPSA) is 89.3 Å². The van der Waals surface area contributed by atoms with Gasteiger partial charge < -0.3 is 0 Å². The monoisotopic (exact) mass is 358 g/mol. The molecule has 2 rings (SSSR count). The fourth-order valence-corrected chi connectivity index (χ4v) is 3.54. The third-order valence-electron chi connectivity index (χ3n) is 3.28. The Balaban J connectivity index is 2.56. The molecule has 0 aliphatic rings. The van der Waals surface area contributed by atoms with Gasteiger partial charge >= 0.3 is 0 Å². The molecule has 1 N–H and O–H groups in total. The predicted molar refractivity (Wildman–Crippen MR) is 84.8 cm³/mol. The number of aryl methyl sites for hydroxylation is 1. The van der Waals surface area contributed by atoms with Crippen LogP contribution < -0.4 is 4.72 Å². The van der Waals surface area contributed by atoms with Crippen LogP contribution in [0.1, 0.15) is 11.1 Å². The van der Waals surface area contributed by atoms with Crippen LogP contribution in [0.3, 0.4) is 0 Å². The third kappa shape index (κ3) is 3.59. The van der Waals surface area contributed by atoms with Crippen LogP contribution in [-0.2, 0) is 10.0 Å². The summed E-state index contributed by atoms with van der Waals surface area (Å²) < 4.78 is 40.7. The SMILES string of the molecule is Cc1cc([N+](=O)[O-])cc(S(=O)(=O)Nc2cc(Cl)ccc2F)c1C. The molecule has 0 amide bonds. The Kier molecular flexibility index (Phi) is 4.58. The Morgan fingerprint density at radius 2 is 1.87 bits per heavy atom. The van der Waals surface area contributed by atoms with Crippen molar-refractivity contribution in [2.24, 2.45) is 0 Å². The van der Waals surface area contributed by atoms with E-state index >= 15 is 0 Å². The molecule has 6 nitrogen and oxygen atoms in total. The molecule has 0 unspecified atom stereocenters. The molecule has 0 saturated carbocycles. The van der Waals surface area contributed by atoms with Crippen molar-refractivity contribution in [3.63, 3.8) is 0 Å². The average molecular weight is 359 g/mol. The molecule has 2 aromatic rings. The molecule has 0 bridgehead atoms. The molecule has 0 heterocycles. The van der Waals surface area contributed by atoms with Gasteiger partial charge in [0, 0.05) is 17.2 Å². The molecule has 0 spiro atoms. The number of nitrogens with one attached hydrogen (secondary N) is 1. The zero-order chi connectivity index (χ0) is 17.4. The summed E-state index contributed by atoms with van der Waals surface area (Å²) >= 11 is 5.72. The van der Waals surface area contributed by atoms with Gasteiger partial charge in [-0.15, -0.1) is 0 Å². The van der Waals surface area contributed by atoms with E-state index in [0.717, 1.165) is 18.2 Å². The Bertz CT molecular complexity index is 900. The number of sulfonamides is 1. The summed E-state index contributed by atoms with van der Waals surface area (Å²) in [5.41, 5.74) is 0.0813. The first-order valence-electron chi connectivity index (χ1n) is 6.35. The van der Waals surface area contributed by atoms with Crippen LogP contribution >= 0.6 is 11.6 Å². The number of non-ortho nitro benzene ring substituents is 1. The zero-order valence-corrected chi connectivity index (χ0v) is 13.7. The molecule has 0 fully saturated rings. The summed E-state index contributed by atoms with van der Waals surface area (Å²) in [7, 11) is -4.21. The first-order valence-corrected chi connectivity index (χ1v) is 8.21. The van der Waals surface area contributed by atoms with E-state index in [-0.39, 0.29) is 21.3 Å². The smallest absolute Gasteiger partial charge is 0.271 e. The Hall–Kier alpha value is -2.19. The highest BCUT2D eigenvalue weighted by Gasteiger charge is 2.23. The van der Waals surface area contributed by atoms with Crippen LogP contribution in [0.15, 0.2) is 35.2 Å². The van der Waals surface area contributed by atoms with Crippen molar-refractivity contribution in [1.29, 1.82) is 0 Å². The maximum atomic E-state index is 13.7. The molecule has 0 saturated heterocycles. The molecule has 9 heteroatoms. The van der Waals surface area contributed by atoms with Crippen molar-refractivity contribution in [2.75, 3.05) is 4.72 Å². The number of anilines is 1. The van der Waals surface area contributed by atoms with E-state index in [0.29, 0.717) is 11.1 Å². The zero-order valence-electron chi connectivity index (χ0n) is 12.1. The van der Waals surface area contributed by atoms with Gasteiger partial charge in [-0.2, -0.15) is 0 Å². The summed E-state index contributed by atoms with van der Waals surface area (Å²) in [6.45, 7) is 3.07. The molecule has 0 aromatic heterocycles. The third-order valence-corrected chi connectivity index (χ3v) is 5.00. The van der Waals surface area contributed by atoms with Crippen molar-refractivity contribution in [3.8, 4) is 0 Å². The largest absolute Gasteiger partial charge is 0.277 e. The van der Waals surface area contributed by atoms with Gasteiger partial charge in [0.25, 0.3) is 15.7 Å². The molecule has 0 atom stereocenters. The van der Waals surface area contributed by atoms with E-state index in [9.17, 15) is 22.9 Å². The lowest BCUT2D eigenvalue weighted by Crippen LogP contribution is -2.16. The molecule has 23 heavy (non-hydrogen) atoms. The highest BCUT2D eigenvalue weighted by atomic mass is 35.5. The van der Waals surface area contributed by atoms with Gasteiger partial charge in [-0.3, -0.25) is 14.8 Å². The van der Waals surface area contributed by atoms with Gasteiger partial charge in [0.15, 0.2) is 0 Å². The average Bonchev–Trinajstić information content (AvgIpc) is 2.44. The second-order valence-electron chi connectivity index (χ2n) is 4.87. The minimum Gasteiger partial charge on any atom is -0.277 e. The number of hydrogen-bond donors (Lipinski definition) is 1. The van der Waals surface area contributed by atoms with Gasteiger partial charge in [0.1, 0.15) is 5.82 Å². The van der Waals surface area contributed by atoms with Crippen molar-refractivity contribution < 1.29 is 17.7 Å². The second-order valence-corrected chi connectivity index (χ2v) is 6.96. The predicted octanol–water partition coefficient (Wildman–Crippen LogP) is 3.80. The van der Waals surface area contributed by atoms with Crippen LogP contribution in [0.4, 0.5) is 15.8 Å². The van der Waals surface area contributed by atoms with Crippen LogP contribution in [-0.4, -0.2) is 13.3 Å². The summed E-state index contributed by atoms with van der Waals surface area (Å²) in [4.78, 5) is 9.94. The van der Waals surface area contributed by atoms with E-state index in [1.807, 2.05) is 0 Å². The van der Waals surface area contributed by atoms with E-state index in [1.165, 1.54) is 19.1 Å². The number of nitro groups is 1. The number of nitro benzene ring substituents is 1. The molecular weight excluding hydrogens is 347 g/mol. The number of rotatable bonds is 4. The summed E-state index contributed by atoms with van der Waals surface area (Å²) in [6, 6.07) is 5.62. The van der Waals surface area contributed by atoms with Crippen LogP contribution in [0.2, 0.25) is 5.02 Å². The van der Waals surface area contributed by atoms with Crippen molar-refractivity contribution in [3.05, 3.63) is 62.4 Å². The lowest BCUT2D eigenvalue weighted by Gasteiger charge is -2.12. The first-order chi connectivity index (χ1) is 10.6. The van der Waals surface area contributed by atoms with Crippen molar-refractivity contribution in [2.45, 2.75) is 18.7 Å². The highest BCUT2D eigenvalue weighted by molar-refractivity contribution is 7.92. The quantitative estimate of drug-likeness (QED) is 0.664. The Morgan fingerprint density at radius 1 is 1.22 bits per heavy atom. The fraction of sp³-hybridized carbons (Fsp3) is 0.143.